The van der Waals surface area contributed by atoms with Crippen LogP contribution in [0.2, 0.25) is 0 Å². The second kappa shape index (κ2) is 9.96. The maximum Gasteiger partial charge on any atom is 0.352 e. The molecule has 1 amide bonds. The number of hydrogen-bond donors (Lipinski definition) is 3. The molecular weight excluding hydrogens is 408 g/mol. The quantitative estimate of drug-likeness (QED) is 0.474. The van der Waals surface area contributed by atoms with Crippen LogP contribution in [0.4, 0.5) is 0 Å². The molecule has 0 fully saturated rings. The van der Waals surface area contributed by atoms with Gasteiger partial charge >= 0.3 is 11.9 Å². The first kappa shape index (κ1) is 22.8. The first-order valence-electron chi connectivity index (χ1n) is 10.3. The van der Waals surface area contributed by atoms with Crippen LogP contribution in [0.1, 0.15) is 39.8 Å². The zero-order chi connectivity index (χ0) is 23.3. The Labute approximate surface area is 186 Å². The normalized spacial score (nSPS) is 12.7. The summed E-state index contributed by atoms with van der Waals surface area (Å²) in [6.45, 7) is 1.60. The number of aromatic carboxylic acids is 1. The number of aryl methyl sites for hydroxylation is 1. The van der Waals surface area contributed by atoms with Gasteiger partial charge in [0.15, 0.2) is 0 Å². The summed E-state index contributed by atoms with van der Waals surface area (Å²) in [7, 11) is 1.55. The molecule has 0 bridgehead atoms. The number of benzene rings is 2. The third-order valence-electron chi connectivity index (χ3n) is 5.42. The number of carboxylic acid groups (broad SMARTS) is 2. The van der Waals surface area contributed by atoms with Gasteiger partial charge in [-0.3, -0.25) is 9.59 Å². The third-order valence-corrected chi connectivity index (χ3v) is 5.42. The second-order valence-corrected chi connectivity index (χ2v) is 7.94. The summed E-state index contributed by atoms with van der Waals surface area (Å²) in [5.41, 5.74) is 3.35. The van der Waals surface area contributed by atoms with Gasteiger partial charge < -0.3 is 20.1 Å². The van der Waals surface area contributed by atoms with Gasteiger partial charge in [0.05, 0.1) is 11.5 Å². The molecule has 2 atom stereocenters. The average molecular weight is 434 g/mol. The lowest BCUT2D eigenvalue weighted by Crippen LogP contribution is -2.38. The maximum atomic E-state index is 12.8. The minimum Gasteiger partial charge on any atom is -0.481 e. The summed E-state index contributed by atoms with van der Waals surface area (Å²) in [4.78, 5) is 35.4. The number of aliphatic carboxylic acids is 1. The Hall–Kier alpha value is -3.87. The van der Waals surface area contributed by atoms with Crippen molar-refractivity contribution in [3.63, 3.8) is 0 Å². The van der Waals surface area contributed by atoms with Crippen molar-refractivity contribution in [2.75, 3.05) is 0 Å². The number of carboxylic acids is 2. The smallest absolute Gasteiger partial charge is 0.352 e. The molecule has 166 valence electrons. The highest BCUT2D eigenvalue weighted by atomic mass is 16.4. The first-order valence-corrected chi connectivity index (χ1v) is 10.3. The Morgan fingerprint density at radius 3 is 2.16 bits per heavy atom. The fourth-order valence-electron chi connectivity index (χ4n) is 3.64. The van der Waals surface area contributed by atoms with Crippen LogP contribution in [0.15, 0.2) is 66.9 Å². The predicted molar refractivity (Wildman–Crippen MR) is 121 cm³/mol. The molecule has 0 radical (unpaired) electrons. The Morgan fingerprint density at radius 2 is 1.59 bits per heavy atom. The molecule has 1 heterocycles. The van der Waals surface area contributed by atoms with Gasteiger partial charge in [-0.25, -0.2) is 4.79 Å². The molecule has 3 aromatic rings. The molecule has 0 saturated carbocycles. The minimum absolute atomic E-state index is 0.00195. The third kappa shape index (κ3) is 5.63. The van der Waals surface area contributed by atoms with Crippen LogP contribution >= 0.6 is 0 Å². The van der Waals surface area contributed by atoms with Crippen LogP contribution in [-0.2, 0) is 18.3 Å². The topological polar surface area (TPSA) is 109 Å². The van der Waals surface area contributed by atoms with E-state index in [1.165, 1.54) is 16.8 Å². The Morgan fingerprint density at radius 1 is 0.969 bits per heavy atom. The van der Waals surface area contributed by atoms with Gasteiger partial charge in [0, 0.05) is 19.3 Å². The molecular formula is C25H26N2O5. The van der Waals surface area contributed by atoms with Crippen LogP contribution in [-0.4, -0.2) is 38.7 Å². The Kier molecular flexibility index (Phi) is 7.10. The number of aromatic nitrogens is 1. The van der Waals surface area contributed by atoms with Crippen LogP contribution in [0.5, 0.6) is 0 Å². The van der Waals surface area contributed by atoms with E-state index in [9.17, 15) is 24.6 Å². The second-order valence-electron chi connectivity index (χ2n) is 7.94. The molecule has 7 nitrogen and oxygen atoms in total. The first-order chi connectivity index (χ1) is 15.2. The molecule has 0 saturated heterocycles. The van der Waals surface area contributed by atoms with Crippen LogP contribution in [0.3, 0.4) is 0 Å². The van der Waals surface area contributed by atoms with E-state index in [0.29, 0.717) is 6.42 Å². The van der Waals surface area contributed by atoms with Gasteiger partial charge in [-0.05, 0) is 35.6 Å². The number of nitrogens with one attached hydrogen (secondary N) is 1. The fraction of sp³-hybridized carbons (Fsp3) is 0.240. The SMILES string of the molecule is C[C@H](C[C@@H](Cc1ccc(-c2ccccc2)cc1)NC(=O)c1cc(C(=O)O)n(C)c1)C(=O)O. The molecule has 32 heavy (non-hydrogen) atoms. The highest BCUT2D eigenvalue weighted by molar-refractivity contribution is 5.97. The lowest BCUT2D eigenvalue weighted by molar-refractivity contribution is -0.141. The summed E-state index contributed by atoms with van der Waals surface area (Å²) in [6.07, 6.45) is 2.16. The Balaban J connectivity index is 1.76. The van der Waals surface area contributed by atoms with Crippen molar-refractivity contribution < 1.29 is 24.6 Å². The lowest BCUT2D eigenvalue weighted by Gasteiger charge is -2.21. The standard InChI is InChI=1S/C25H26N2O5/c1-16(24(29)30)12-21(26-23(28)20-14-22(25(31)32)27(2)15-20)13-17-8-10-19(11-9-17)18-6-4-3-5-7-18/h3-11,14-16,21H,12-13H2,1-2H3,(H,26,28)(H,29,30)(H,31,32)/t16-,21+/m1/s1. The molecule has 3 N–H and O–H groups in total. The van der Waals surface area contributed by atoms with E-state index < -0.39 is 29.8 Å². The number of amides is 1. The maximum absolute atomic E-state index is 12.8. The molecule has 0 aliphatic heterocycles. The molecule has 7 heteroatoms. The van der Waals surface area contributed by atoms with E-state index in [1.54, 1.807) is 14.0 Å². The molecule has 2 aromatic carbocycles. The van der Waals surface area contributed by atoms with Crippen LogP contribution in [0.25, 0.3) is 11.1 Å². The van der Waals surface area contributed by atoms with E-state index in [4.69, 9.17) is 0 Å². The molecule has 3 rings (SSSR count). The van der Waals surface area contributed by atoms with Gasteiger partial charge in [-0.15, -0.1) is 0 Å². The highest BCUT2D eigenvalue weighted by Crippen LogP contribution is 2.21. The number of hydrogen-bond acceptors (Lipinski definition) is 3. The van der Waals surface area contributed by atoms with Gasteiger partial charge in [0.1, 0.15) is 5.69 Å². The van der Waals surface area contributed by atoms with Crippen molar-refractivity contribution in [2.45, 2.75) is 25.8 Å². The average Bonchev–Trinajstić information content (AvgIpc) is 3.17. The summed E-state index contributed by atoms with van der Waals surface area (Å²) < 4.78 is 1.37. The van der Waals surface area contributed by atoms with Crippen molar-refractivity contribution in [3.8, 4) is 11.1 Å². The van der Waals surface area contributed by atoms with Crippen molar-refractivity contribution in [2.24, 2.45) is 13.0 Å². The van der Waals surface area contributed by atoms with Crippen molar-refractivity contribution in [1.29, 1.82) is 0 Å². The van der Waals surface area contributed by atoms with Gasteiger partial charge in [0.2, 0.25) is 0 Å². The van der Waals surface area contributed by atoms with E-state index in [2.05, 4.69) is 5.32 Å². The Bertz CT molecular complexity index is 1100. The summed E-state index contributed by atoms with van der Waals surface area (Å²) >= 11 is 0. The van der Waals surface area contributed by atoms with E-state index in [0.717, 1.165) is 16.7 Å². The molecule has 0 unspecified atom stereocenters. The summed E-state index contributed by atoms with van der Waals surface area (Å²) in [5.74, 6) is -3.14. The molecule has 0 aliphatic carbocycles. The van der Waals surface area contributed by atoms with E-state index in [1.807, 2.05) is 54.6 Å². The van der Waals surface area contributed by atoms with Crippen molar-refractivity contribution in [3.05, 3.63) is 83.7 Å². The molecule has 0 spiro atoms. The summed E-state index contributed by atoms with van der Waals surface area (Å²) in [5, 5.41) is 21.4. The number of rotatable bonds is 9. The highest BCUT2D eigenvalue weighted by Gasteiger charge is 2.22. The zero-order valence-corrected chi connectivity index (χ0v) is 18.0. The monoisotopic (exact) mass is 434 g/mol. The molecule has 1 aromatic heterocycles. The number of carbonyl (C=O) groups is 3. The number of carbonyl (C=O) groups excluding carboxylic acids is 1. The lowest BCUT2D eigenvalue weighted by atomic mass is 9.94. The van der Waals surface area contributed by atoms with E-state index >= 15 is 0 Å². The predicted octanol–water partition coefficient (Wildman–Crippen LogP) is 3.84. The van der Waals surface area contributed by atoms with Gasteiger partial charge in [0.25, 0.3) is 5.91 Å². The van der Waals surface area contributed by atoms with Gasteiger partial charge in [-0.2, -0.15) is 0 Å². The largest absolute Gasteiger partial charge is 0.481 e. The van der Waals surface area contributed by atoms with Crippen LogP contribution < -0.4 is 5.32 Å². The minimum atomic E-state index is -1.12. The van der Waals surface area contributed by atoms with E-state index in [-0.39, 0.29) is 17.7 Å². The molecule has 0 aliphatic rings. The fourth-order valence-corrected chi connectivity index (χ4v) is 3.64. The van der Waals surface area contributed by atoms with Crippen molar-refractivity contribution >= 4 is 17.8 Å². The zero-order valence-electron chi connectivity index (χ0n) is 18.0. The van der Waals surface area contributed by atoms with Gasteiger partial charge in [-0.1, -0.05) is 61.5 Å². The van der Waals surface area contributed by atoms with Crippen LogP contribution in [0, 0.1) is 5.92 Å². The van der Waals surface area contributed by atoms with Crippen molar-refractivity contribution in [1.82, 2.24) is 9.88 Å². The number of nitrogens with zero attached hydrogens (tertiary/aromatic N) is 1. The summed E-state index contributed by atoms with van der Waals surface area (Å²) in [6, 6.07) is 18.8.